The number of pyridine rings is 1. The number of carboxylic acids is 1. The minimum Gasteiger partial charge on any atom is -0.477 e. The summed E-state index contributed by atoms with van der Waals surface area (Å²) in [6, 6.07) is 1.02. The molecule has 0 radical (unpaired) electrons. The van der Waals surface area contributed by atoms with Gasteiger partial charge in [-0.05, 0) is 13.1 Å². The van der Waals surface area contributed by atoms with Crippen LogP contribution in [0.15, 0.2) is 15.9 Å². The lowest BCUT2D eigenvalue weighted by Gasteiger charge is -2.37. The van der Waals surface area contributed by atoms with Gasteiger partial charge in [-0.15, -0.1) is 0 Å². The van der Waals surface area contributed by atoms with Gasteiger partial charge in [0.05, 0.1) is 26.6 Å². The lowest BCUT2D eigenvalue weighted by molar-refractivity contribution is 0.0689. The van der Waals surface area contributed by atoms with Crippen molar-refractivity contribution in [1.29, 1.82) is 0 Å². The first kappa shape index (κ1) is 18.5. The second-order valence-corrected chi connectivity index (χ2v) is 8.16. The number of likely N-dealkylation sites (N-methyl/N-ethyl adjacent to an activating group) is 1. The summed E-state index contributed by atoms with van der Waals surface area (Å²) in [4.78, 5) is 28.1. The average molecular weight is 416 g/mol. The van der Waals surface area contributed by atoms with Crippen LogP contribution in [0.3, 0.4) is 0 Å². The third-order valence-corrected chi connectivity index (χ3v) is 6.61. The number of rotatable bonds is 3. The van der Waals surface area contributed by atoms with E-state index >= 15 is 0 Å². The molecule has 1 fully saturated rings. The first-order valence-corrected chi connectivity index (χ1v) is 9.60. The van der Waals surface area contributed by atoms with Crippen LogP contribution in [0, 0.1) is 5.82 Å². The van der Waals surface area contributed by atoms with Gasteiger partial charge in [0, 0.05) is 26.2 Å². The predicted molar refractivity (Wildman–Crippen MR) is 101 cm³/mol. The van der Waals surface area contributed by atoms with E-state index in [1.54, 1.807) is 4.90 Å². The van der Waals surface area contributed by atoms with Gasteiger partial charge in [-0.3, -0.25) is 4.79 Å². The quantitative estimate of drug-likeness (QED) is 0.831. The largest absolute Gasteiger partial charge is 0.477 e. The van der Waals surface area contributed by atoms with Gasteiger partial charge in [-0.25, -0.2) is 13.6 Å². The molecule has 1 saturated heterocycles. The monoisotopic (exact) mass is 415 g/mol. The summed E-state index contributed by atoms with van der Waals surface area (Å²) < 4.78 is 29.7. The summed E-state index contributed by atoms with van der Waals surface area (Å²) in [6.45, 7) is 1.82. The molecular formula is C17H16ClF2N3O3S. The number of aromatic carboxylic acids is 1. The second-order valence-electron chi connectivity index (χ2n) is 6.62. The Kier molecular flexibility index (Phi) is 4.56. The van der Waals surface area contributed by atoms with E-state index in [2.05, 4.69) is 4.90 Å². The van der Waals surface area contributed by atoms with E-state index < -0.39 is 34.8 Å². The van der Waals surface area contributed by atoms with Crippen molar-refractivity contribution in [3.63, 3.8) is 0 Å². The van der Waals surface area contributed by atoms with Gasteiger partial charge in [-0.1, -0.05) is 23.4 Å². The molecule has 1 aromatic heterocycles. The third kappa shape index (κ3) is 2.71. The Labute approximate surface area is 162 Å². The first-order chi connectivity index (χ1) is 12.8. The summed E-state index contributed by atoms with van der Waals surface area (Å²) in [6.07, 6.45) is 0. The summed E-state index contributed by atoms with van der Waals surface area (Å²) in [5.41, 5.74) is -0.915. The number of fused-ring (bicyclic) bond motifs is 3. The summed E-state index contributed by atoms with van der Waals surface area (Å²) in [5, 5.41) is 8.72. The van der Waals surface area contributed by atoms with Gasteiger partial charge in [0.15, 0.2) is 0 Å². The van der Waals surface area contributed by atoms with Gasteiger partial charge in [0.2, 0.25) is 5.43 Å². The Bertz CT molecular complexity index is 1020. The molecule has 6 nitrogen and oxygen atoms in total. The minimum absolute atomic E-state index is 0.0172. The lowest BCUT2D eigenvalue weighted by Crippen LogP contribution is -2.45. The van der Waals surface area contributed by atoms with Gasteiger partial charge in [0.25, 0.3) is 0 Å². The molecule has 0 bridgehead atoms. The Balaban J connectivity index is 2.00. The highest BCUT2D eigenvalue weighted by molar-refractivity contribution is 8.00. The number of benzene rings is 1. The lowest BCUT2D eigenvalue weighted by atomic mass is 10.1. The zero-order valence-electron chi connectivity index (χ0n) is 14.3. The Hall–Kier alpha value is -1.84. The highest BCUT2D eigenvalue weighted by Crippen LogP contribution is 2.49. The maximum absolute atomic E-state index is 14.9. The van der Waals surface area contributed by atoms with Crippen LogP contribution in [-0.2, 0) is 0 Å². The molecule has 1 unspecified atom stereocenters. The topological polar surface area (TPSA) is 65.8 Å². The smallest absolute Gasteiger partial charge is 0.342 e. The van der Waals surface area contributed by atoms with Crippen molar-refractivity contribution in [1.82, 2.24) is 9.47 Å². The zero-order chi connectivity index (χ0) is 19.5. The van der Waals surface area contributed by atoms with E-state index in [0.29, 0.717) is 13.1 Å². The number of carbonyl (C=O) groups is 1. The fourth-order valence-electron chi connectivity index (χ4n) is 3.59. The molecule has 0 spiro atoms. The molecule has 1 aromatic carbocycles. The van der Waals surface area contributed by atoms with Gasteiger partial charge >= 0.3 is 5.97 Å². The van der Waals surface area contributed by atoms with Crippen molar-refractivity contribution in [3.8, 4) is 0 Å². The zero-order valence-corrected chi connectivity index (χ0v) is 15.9. The standard InChI is InChI=1S/C17H16ClF2N3O3S/c1-21-2-4-22(5-3-21)14-9(20)6-8-13(12(14)18)23-10(7-19)27-16(23)11(15(8)24)17(25)26/h6,10H,2-5,7H2,1H3,(H,25,26). The molecule has 144 valence electrons. The first-order valence-electron chi connectivity index (χ1n) is 8.34. The third-order valence-electron chi connectivity index (χ3n) is 5.01. The Morgan fingerprint density at radius 2 is 2.04 bits per heavy atom. The van der Waals surface area contributed by atoms with E-state index in [1.165, 1.54) is 4.57 Å². The maximum atomic E-state index is 14.9. The minimum atomic E-state index is -1.42. The molecule has 2 aliphatic heterocycles. The van der Waals surface area contributed by atoms with Crippen molar-refractivity contribution in [2.45, 2.75) is 10.4 Å². The van der Waals surface area contributed by atoms with Crippen molar-refractivity contribution in [2.24, 2.45) is 0 Å². The molecule has 1 N–H and O–H groups in total. The van der Waals surface area contributed by atoms with Crippen molar-refractivity contribution < 1.29 is 18.7 Å². The molecule has 3 heterocycles. The molecule has 0 amide bonds. The highest BCUT2D eigenvalue weighted by atomic mass is 35.5. The molecule has 1 atom stereocenters. The number of hydrogen-bond donors (Lipinski definition) is 1. The van der Waals surface area contributed by atoms with Crippen LogP contribution in [0.4, 0.5) is 14.5 Å². The van der Waals surface area contributed by atoms with Gasteiger partial charge in [0.1, 0.15) is 23.4 Å². The molecule has 4 rings (SSSR count). The number of hydrogen-bond acceptors (Lipinski definition) is 5. The number of carboxylic acid groups (broad SMARTS) is 1. The van der Waals surface area contributed by atoms with Gasteiger partial charge < -0.3 is 19.5 Å². The number of halogens is 3. The van der Waals surface area contributed by atoms with Crippen LogP contribution < -0.4 is 10.3 Å². The number of alkyl halides is 1. The molecular weight excluding hydrogens is 400 g/mol. The van der Waals surface area contributed by atoms with Crippen molar-refractivity contribution in [3.05, 3.63) is 32.7 Å². The van der Waals surface area contributed by atoms with Crippen LogP contribution in [0.5, 0.6) is 0 Å². The van der Waals surface area contributed by atoms with E-state index in [-0.39, 0.29) is 26.6 Å². The van der Waals surface area contributed by atoms with E-state index in [4.69, 9.17) is 11.6 Å². The number of thioether (sulfide) groups is 1. The van der Waals surface area contributed by atoms with Crippen molar-refractivity contribution in [2.75, 3.05) is 44.8 Å². The molecule has 2 aromatic rings. The molecule has 10 heteroatoms. The average Bonchev–Trinajstić information content (AvgIpc) is 2.60. The number of aromatic nitrogens is 1. The Morgan fingerprint density at radius 1 is 1.37 bits per heavy atom. The molecule has 0 saturated carbocycles. The van der Waals surface area contributed by atoms with E-state index in [0.717, 1.165) is 30.9 Å². The number of nitrogens with zero attached hydrogens (tertiary/aromatic N) is 3. The van der Waals surface area contributed by atoms with E-state index in [1.807, 2.05) is 7.05 Å². The highest BCUT2D eigenvalue weighted by Gasteiger charge is 2.37. The van der Waals surface area contributed by atoms with E-state index in [9.17, 15) is 23.5 Å². The fraction of sp³-hybridized carbons (Fsp3) is 0.412. The van der Waals surface area contributed by atoms with Crippen LogP contribution in [0.1, 0.15) is 15.7 Å². The van der Waals surface area contributed by atoms with Crippen LogP contribution in [0.25, 0.3) is 10.9 Å². The van der Waals surface area contributed by atoms with Crippen molar-refractivity contribution >= 4 is 45.9 Å². The van der Waals surface area contributed by atoms with Crippen LogP contribution in [0.2, 0.25) is 5.02 Å². The fourth-order valence-corrected chi connectivity index (χ4v) is 5.10. The normalized spacial score (nSPS) is 19.9. The summed E-state index contributed by atoms with van der Waals surface area (Å²) in [7, 11) is 1.97. The number of piperazine rings is 1. The maximum Gasteiger partial charge on any atom is 0.342 e. The Morgan fingerprint density at radius 3 is 2.63 bits per heavy atom. The van der Waals surface area contributed by atoms with Crippen LogP contribution in [-0.4, -0.2) is 60.4 Å². The van der Waals surface area contributed by atoms with Crippen LogP contribution >= 0.6 is 23.4 Å². The summed E-state index contributed by atoms with van der Waals surface area (Å²) in [5.74, 6) is -2.11. The molecule has 27 heavy (non-hydrogen) atoms. The second kappa shape index (κ2) is 6.65. The SMILES string of the molecule is CN1CCN(c2c(F)cc3c(=O)c(C(=O)O)c4n(c3c2Cl)C(CF)S4)CC1. The molecule has 0 aliphatic carbocycles. The summed E-state index contributed by atoms with van der Waals surface area (Å²) >= 11 is 7.49. The van der Waals surface area contributed by atoms with Gasteiger partial charge in [-0.2, -0.15) is 0 Å². The predicted octanol–water partition coefficient (Wildman–Crippen LogP) is 2.82. The number of anilines is 1. The molecule has 2 aliphatic rings.